The van der Waals surface area contributed by atoms with Crippen molar-refractivity contribution in [3.05, 3.63) is 29.8 Å². The van der Waals surface area contributed by atoms with Crippen molar-refractivity contribution in [2.75, 3.05) is 6.61 Å². The molecule has 0 radical (unpaired) electrons. The highest BCUT2D eigenvalue weighted by Crippen LogP contribution is 2.11. The molecule has 16 heavy (non-hydrogen) atoms. The van der Waals surface area contributed by atoms with Crippen LogP contribution in [-0.2, 0) is 21.0 Å². The van der Waals surface area contributed by atoms with Crippen molar-refractivity contribution in [3.8, 4) is 5.75 Å². The van der Waals surface area contributed by atoms with Crippen LogP contribution in [0.5, 0.6) is 5.75 Å². The molecule has 0 spiro atoms. The van der Waals surface area contributed by atoms with Gasteiger partial charge in [0, 0.05) is 0 Å². The number of benzene rings is 1. The minimum atomic E-state index is -0.768. The van der Waals surface area contributed by atoms with Crippen molar-refractivity contribution in [2.24, 2.45) is 5.73 Å². The van der Waals surface area contributed by atoms with Crippen LogP contribution in [0.1, 0.15) is 12.5 Å². The van der Waals surface area contributed by atoms with Crippen LogP contribution in [-0.4, -0.2) is 23.7 Å². The first-order valence-electron chi connectivity index (χ1n) is 5.00. The first-order chi connectivity index (χ1) is 7.63. The molecule has 0 aromatic heterocycles. The minimum Gasteiger partial charge on any atom is -0.508 e. The molecule has 1 aromatic rings. The standard InChI is InChI=1S/C11H15NO4/c1-2-15-16-11(14)10(12)7-8-3-5-9(13)6-4-8/h3-6,10,13H,2,7,12H2,1H3. The summed E-state index contributed by atoms with van der Waals surface area (Å²) in [7, 11) is 0. The van der Waals surface area contributed by atoms with E-state index in [0.717, 1.165) is 5.56 Å². The molecule has 0 fully saturated rings. The van der Waals surface area contributed by atoms with Gasteiger partial charge in [-0.15, -0.1) is 0 Å². The van der Waals surface area contributed by atoms with Crippen molar-refractivity contribution in [1.82, 2.24) is 0 Å². The molecule has 0 saturated carbocycles. The number of rotatable bonds is 5. The van der Waals surface area contributed by atoms with Gasteiger partial charge in [0.1, 0.15) is 11.8 Å². The Morgan fingerprint density at radius 2 is 2.06 bits per heavy atom. The highest BCUT2D eigenvalue weighted by Gasteiger charge is 2.16. The summed E-state index contributed by atoms with van der Waals surface area (Å²) in [6, 6.07) is 5.70. The molecule has 0 bridgehead atoms. The lowest BCUT2D eigenvalue weighted by molar-refractivity contribution is -0.270. The van der Waals surface area contributed by atoms with Gasteiger partial charge in [-0.05, 0) is 31.0 Å². The van der Waals surface area contributed by atoms with Crippen molar-refractivity contribution in [3.63, 3.8) is 0 Å². The molecule has 0 heterocycles. The molecular weight excluding hydrogens is 210 g/mol. The molecule has 1 rings (SSSR count). The van der Waals surface area contributed by atoms with Crippen molar-refractivity contribution in [1.29, 1.82) is 0 Å². The molecule has 5 nitrogen and oxygen atoms in total. The fourth-order valence-electron chi connectivity index (χ4n) is 1.15. The number of aromatic hydroxyl groups is 1. The smallest absolute Gasteiger partial charge is 0.359 e. The van der Waals surface area contributed by atoms with Gasteiger partial charge in [0.05, 0.1) is 6.61 Å². The molecule has 88 valence electrons. The Kier molecular flexibility index (Phi) is 4.75. The van der Waals surface area contributed by atoms with E-state index < -0.39 is 12.0 Å². The van der Waals surface area contributed by atoms with Crippen molar-refractivity contribution < 1.29 is 19.7 Å². The first-order valence-corrected chi connectivity index (χ1v) is 5.00. The molecular formula is C11H15NO4. The summed E-state index contributed by atoms with van der Waals surface area (Å²) < 4.78 is 0. The topological polar surface area (TPSA) is 81.8 Å². The maximum atomic E-state index is 11.3. The summed E-state index contributed by atoms with van der Waals surface area (Å²) in [4.78, 5) is 20.2. The van der Waals surface area contributed by atoms with Gasteiger partial charge in [-0.2, -0.15) is 4.89 Å². The lowest BCUT2D eigenvalue weighted by Crippen LogP contribution is -2.34. The summed E-state index contributed by atoms with van der Waals surface area (Å²) in [6.07, 6.45) is 0.339. The third-order valence-electron chi connectivity index (χ3n) is 1.95. The fourth-order valence-corrected chi connectivity index (χ4v) is 1.15. The quantitative estimate of drug-likeness (QED) is 0.571. The number of carbonyl (C=O) groups excluding carboxylic acids is 1. The van der Waals surface area contributed by atoms with Crippen LogP contribution in [0.4, 0.5) is 0 Å². The molecule has 1 unspecified atom stereocenters. The van der Waals surface area contributed by atoms with Gasteiger partial charge in [0.2, 0.25) is 0 Å². The predicted molar refractivity (Wildman–Crippen MR) is 57.5 cm³/mol. The summed E-state index contributed by atoms with van der Waals surface area (Å²) in [5, 5.41) is 9.07. The number of phenolic OH excluding ortho intramolecular Hbond substituents is 1. The average Bonchev–Trinajstić information content (AvgIpc) is 2.29. The summed E-state index contributed by atoms with van der Waals surface area (Å²) in [5.41, 5.74) is 6.46. The molecule has 0 saturated heterocycles. The van der Waals surface area contributed by atoms with Crippen LogP contribution >= 0.6 is 0 Å². The van der Waals surface area contributed by atoms with E-state index in [0.29, 0.717) is 6.42 Å². The maximum absolute atomic E-state index is 11.3. The summed E-state index contributed by atoms with van der Waals surface area (Å²) in [6.45, 7) is 2.00. The second-order valence-corrected chi connectivity index (χ2v) is 3.29. The number of carbonyl (C=O) groups is 1. The third kappa shape index (κ3) is 3.88. The van der Waals surface area contributed by atoms with Crippen LogP contribution in [0.3, 0.4) is 0 Å². The zero-order valence-corrected chi connectivity index (χ0v) is 9.05. The fraction of sp³-hybridized carbons (Fsp3) is 0.364. The van der Waals surface area contributed by atoms with Crippen LogP contribution in [0.25, 0.3) is 0 Å². The highest BCUT2D eigenvalue weighted by molar-refractivity contribution is 5.75. The molecule has 1 atom stereocenters. The zero-order valence-electron chi connectivity index (χ0n) is 9.05. The number of hydrogen-bond acceptors (Lipinski definition) is 5. The molecule has 0 aliphatic carbocycles. The second kappa shape index (κ2) is 6.09. The van der Waals surface area contributed by atoms with Crippen LogP contribution in [0.2, 0.25) is 0 Å². The molecule has 0 aliphatic heterocycles. The first kappa shape index (κ1) is 12.5. The van der Waals surface area contributed by atoms with E-state index in [1.165, 1.54) is 12.1 Å². The van der Waals surface area contributed by atoms with Gasteiger partial charge in [-0.1, -0.05) is 12.1 Å². The Bertz CT molecular complexity index is 336. The van der Waals surface area contributed by atoms with Gasteiger partial charge < -0.3 is 10.8 Å². The Labute approximate surface area is 93.7 Å². The maximum Gasteiger partial charge on any atom is 0.359 e. The number of hydrogen-bond donors (Lipinski definition) is 2. The van der Waals surface area contributed by atoms with Crippen LogP contribution in [0, 0.1) is 0 Å². The van der Waals surface area contributed by atoms with E-state index in [4.69, 9.17) is 10.8 Å². The van der Waals surface area contributed by atoms with Gasteiger partial charge in [0.15, 0.2) is 0 Å². The average molecular weight is 225 g/mol. The van der Waals surface area contributed by atoms with Gasteiger partial charge in [0.25, 0.3) is 0 Å². The monoisotopic (exact) mass is 225 g/mol. The Balaban J connectivity index is 2.47. The molecule has 5 heteroatoms. The van der Waals surface area contributed by atoms with Crippen LogP contribution < -0.4 is 5.73 Å². The number of nitrogens with two attached hydrogens (primary N) is 1. The minimum absolute atomic E-state index is 0.175. The van der Waals surface area contributed by atoms with Crippen LogP contribution in [0.15, 0.2) is 24.3 Å². The van der Waals surface area contributed by atoms with E-state index >= 15 is 0 Å². The van der Waals surface area contributed by atoms with Gasteiger partial charge >= 0.3 is 5.97 Å². The predicted octanol–water partition coefficient (Wildman–Crippen LogP) is 0.757. The summed E-state index contributed by atoms with van der Waals surface area (Å²) in [5.74, 6) is -0.427. The van der Waals surface area contributed by atoms with Crippen molar-refractivity contribution in [2.45, 2.75) is 19.4 Å². The highest BCUT2D eigenvalue weighted by atomic mass is 17.2. The number of phenols is 1. The van der Waals surface area contributed by atoms with E-state index in [9.17, 15) is 4.79 Å². The molecule has 0 amide bonds. The summed E-state index contributed by atoms with van der Waals surface area (Å²) >= 11 is 0. The Hall–Kier alpha value is -1.59. The van der Waals surface area contributed by atoms with E-state index in [1.54, 1.807) is 19.1 Å². The van der Waals surface area contributed by atoms with E-state index in [1.807, 2.05) is 0 Å². The van der Waals surface area contributed by atoms with E-state index in [2.05, 4.69) is 9.78 Å². The van der Waals surface area contributed by atoms with E-state index in [-0.39, 0.29) is 12.4 Å². The normalized spacial score (nSPS) is 12.1. The largest absolute Gasteiger partial charge is 0.508 e. The van der Waals surface area contributed by atoms with Gasteiger partial charge in [-0.3, -0.25) is 4.89 Å². The molecule has 3 N–H and O–H groups in total. The third-order valence-corrected chi connectivity index (χ3v) is 1.95. The molecule has 1 aromatic carbocycles. The van der Waals surface area contributed by atoms with Gasteiger partial charge in [-0.25, -0.2) is 4.79 Å². The lowest BCUT2D eigenvalue weighted by atomic mass is 10.1. The zero-order chi connectivity index (χ0) is 12.0. The Morgan fingerprint density at radius 3 is 2.62 bits per heavy atom. The van der Waals surface area contributed by atoms with Crippen molar-refractivity contribution >= 4 is 5.97 Å². The SMILES string of the molecule is CCOOC(=O)C(N)Cc1ccc(O)cc1. The molecule has 0 aliphatic rings. The lowest BCUT2D eigenvalue weighted by Gasteiger charge is -2.09. The Morgan fingerprint density at radius 1 is 1.44 bits per heavy atom. The second-order valence-electron chi connectivity index (χ2n) is 3.29.